The number of aromatic nitrogens is 1. The number of aryl methyl sites for hydroxylation is 1. The van der Waals surface area contributed by atoms with Crippen molar-refractivity contribution in [3.05, 3.63) is 46.3 Å². The zero-order chi connectivity index (χ0) is 26.9. The van der Waals surface area contributed by atoms with E-state index < -0.39 is 10.0 Å². The monoisotopic (exact) mass is 527 g/mol. The van der Waals surface area contributed by atoms with Crippen molar-refractivity contribution in [2.24, 2.45) is 0 Å². The standard InChI is InChI=1S/C27H37N5O4S/c1-6-32(7-2)14-13-28-26(33)23-17(5)29-25-19(23)9-8-10-20(25)24-21-15-18(37(35,36)31-16(3)4)11-12-22(21)30-27(24)34/h11-12,15-16,29,31H,6-10,13-14H2,1-5H3,(H,28,33)(H,30,34)/b24-20-. The minimum Gasteiger partial charge on any atom is -0.358 e. The molecule has 2 aliphatic rings. The third kappa shape index (κ3) is 5.37. The van der Waals surface area contributed by atoms with Crippen LogP contribution in [0.15, 0.2) is 23.1 Å². The van der Waals surface area contributed by atoms with Gasteiger partial charge in [-0.05, 0) is 82.5 Å². The number of anilines is 1. The Balaban J connectivity index is 1.72. The maximum absolute atomic E-state index is 13.2. The van der Waals surface area contributed by atoms with E-state index in [1.165, 1.54) is 6.07 Å². The van der Waals surface area contributed by atoms with Gasteiger partial charge in [-0.25, -0.2) is 13.1 Å². The number of hydrogen-bond donors (Lipinski definition) is 4. The number of benzene rings is 1. The number of sulfonamides is 1. The number of aromatic amines is 1. The number of H-pyrrole nitrogens is 1. The molecule has 0 saturated carbocycles. The van der Waals surface area contributed by atoms with Gasteiger partial charge in [-0.2, -0.15) is 0 Å². The number of nitrogens with one attached hydrogen (secondary N) is 4. The van der Waals surface area contributed by atoms with E-state index in [0.29, 0.717) is 35.4 Å². The molecule has 200 valence electrons. The zero-order valence-electron chi connectivity index (χ0n) is 22.2. The van der Waals surface area contributed by atoms with Gasteiger partial charge in [-0.1, -0.05) is 13.8 Å². The van der Waals surface area contributed by atoms with Crippen LogP contribution in [0.4, 0.5) is 5.69 Å². The molecular formula is C27H37N5O4S. The second-order valence-corrected chi connectivity index (χ2v) is 11.6. The number of nitrogens with zero attached hydrogens (tertiary/aromatic N) is 1. The lowest BCUT2D eigenvalue weighted by molar-refractivity contribution is -0.110. The van der Waals surface area contributed by atoms with Gasteiger partial charge in [0.1, 0.15) is 0 Å². The summed E-state index contributed by atoms with van der Waals surface area (Å²) in [6.45, 7) is 12.8. The summed E-state index contributed by atoms with van der Waals surface area (Å²) in [5.41, 5.74) is 5.55. The molecule has 0 fully saturated rings. The van der Waals surface area contributed by atoms with Crippen molar-refractivity contribution in [3.8, 4) is 0 Å². The van der Waals surface area contributed by atoms with Crippen molar-refractivity contribution < 1.29 is 18.0 Å². The molecule has 0 spiro atoms. The van der Waals surface area contributed by atoms with Crippen LogP contribution in [0.5, 0.6) is 0 Å². The van der Waals surface area contributed by atoms with Crippen LogP contribution in [0.3, 0.4) is 0 Å². The Bertz CT molecular complexity index is 1350. The van der Waals surface area contributed by atoms with Gasteiger partial charge in [0.05, 0.1) is 16.0 Å². The predicted molar refractivity (Wildman–Crippen MR) is 146 cm³/mol. The average Bonchev–Trinajstić information content (AvgIpc) is 3.35. The first-order valence-corrected chi connectivity index (χ1v) is 14.5. The van der Waals surface area contributed by atoms with E-state index in [9.17, 15) is 18.0 Å². The highest BCUT2D eigenvalue weighted by atomic mass is 32.2. The van der Waals surface area contributed by atoms with E-state index in [4.69, 9.17) is 0 Å². The highest BCUT2D eigenvalue weighted by molar-refractivity contribution is 7.89. The first-order chi connectivity index (χ1) is 17.6. The second-order valence-electron chi connectivity index (χ2n) is 9.91. The van der Waals surface area contributed by atoms with E-state index in [1.807, 2.05) is 6.92 Å². The number of carbonyl (C=O) groups excluding carboxylic acids is 2. The van der Waals surface area contributed by atoms with Gasteiger partial charge in [0.2, 0.25) is 10.0 Å². The molecule has 0 saturated heterocycles. The zero-order valence-corrected chi connectivity index (χ0v) is 23.1. The van der Waals surface area contributed by atoms with Crippen molar-refractivity contribution >= 4 is 38.7 Å². The Morgan fingerprint density at radius 1 is 1.16 bits per heavy atom. The molecule has 2 aromatic rings. The Hall–Kier alpha value is -2.95. The van der Waals surface area contributed by atoms with Gasteiger partial charge < -0.3 is 20.5 Å². The molecule has 0 unspecified atom stereocenters. The third-order valence-electron chi connectivity index (χ3n) is 7.02. The fourth-order valence-corrected chi connectivity index (χ4v) is 6.53. The van der Waals surface area contributed by atoms with Crippen LogP contribution in [-0.4, -0.2) is 62.3 Å². The van der Waals surface area contributed by atoms with Gasteiger partial charge in [-0.3, -0.25) is 9.59 Å². The summed E-state index contributed by atoms with van der Waals surface area (Å²) in [7, 11) is -3.72. The Kier molecular flexibility index (Phi) is 7.91. The summed E-state index contributed by atoms with van der Waals surface area (Å²) in [4.78, 5) is 32.0. The van der Waals surface area contributed by atoms with Crippen LogP contribution in [-0.2, 0) is 21.2 Å². The molecule has 1 aromatic heterocycles. The predicted octanol–water partition coefficient (Wildman–Crippen LogP) is 3.28. The average molecular weight is 528 g/mol. The Labute approximate surface area is 219 Å². The summed E-state index contributed by atoms with van der Waals surface area (Å²) < 4.78 is 28.2. The largest absolute Gasteiger partial charge is 0.358 e. The molecule has 2 amide bonds. The van der Waals surface area contributed by atoms with E-state index in [2.05, 4.69) is 39.1 Å². The number of amides is 2. The highest BCUT2D eigenvalue weighted by Gasteiger charge is 2.34. The van der Waals surface area contributed by atoms with Crippen molar-refractivity contribution in [2.45, 2.75) is 64.8 Å². The van der Waals surface area contributed by atoms with Gasteiger partial charge in [0, 0.05) is 41.8 Å². The first kappa shape index (κ1) is 27.1. The minimum absolute atomic E-state index is 0.113. The second kappa shape index (κ2) is 10.8. The molecule has 1 aliphatic heterocycles. The lowest BCUT2D eigenvalue weighted by atomic mass is 9.86. The topological polar surface area (TPSA) is 123 Å². The normalized spacial score (nSPS) is 17.2. The molecule has 1 aromatic carbocycles. The van der Waals surface area contributed by atoms with Crippen LogP contribution in [0.2, 0.25) is 0 Å². The maximum Gasteiger partial charge on any atom is 0.256 e. The van der Waals surface area contributed by atoms with E-state index in [0.717, 1.165) is 55.0 Å². The molecule has 10 heteroatoms. The number of likely N-dealkylation sites (N-methyl/N-ethyl adjacent to an activating group) is 1. The molecule has 2 heterocycles. The summed E-state index contributed by atoms with van der Waals surface area (Å²) in [6, 6.07) is 4.44. The summed E-state index contributed by atoms with van der Waals surface area (Å²) in [6.07, 6.45) is 2.17. The van der Waals surface area contributed by atoms with Crippen LogP contribution in [0.25, 0.3) is 11.1 Å². The molecule has 9 nitrogen and oxygen atoms in total. The first-order valence-electron chi connectivity index (χ1n) is 13.0. The van der Waals surface area contributed by atoms with Crippen molar-refractivity contribution in [1.29, 1.82) is 0 Å². The fourth-order valence-electron chi connectivity index (χ4n) is 5.26. The highest BCUT2D eigenvalue weighted by Crippen LogP contribution is 2.43. The molecule has 0 bridgehead atoms. The smallest absolute Gasteiger partial charge is 0.256 e. The van der Waals surface area contributed by atoms with Crippen molar-refractivity contribution in [1.82, 2.24) is 19.9 Å². The van der Waals surface area contributed by atoms with Crippen LogP contribution in [0, 0.1) is 6.92 Å². The maximum atomic E-state index is 13.2. The molecule has 0 atom stereocenters. The summed E-state index contributed by atoms with van der Waals surface area (Å²) in [5.74, 6) is -0.375. The molecule has 0 radical (unpaired) electrons. The number of rotatable bonds is 9. The van der Waals surface area contributed by atoms with Crippen molar-refractivity contribution in [2.75, 3.05) is 31.5 Å². The van der Waals surface area contributed by atoms with Gasteiger partial charge >= 0.3 is 0 Å². The van der Waals surface area contributed by atoms with Crippen LogP contribution >= 0.6 is 0 Å². The SMILES string of the molecule is CCN(CC)CCNC(=O)c1c(C)[nH]c2c1CCC/C2=C1/C(=O)Nc2ccc(S(=O)(=O)NC(C)C)cc21. The molecule has 4 N–H and O–H groups in total. The lowest BCUT2D eigenvalue weighted by Gasteiger charge is -2.20. The van der Waals surface area contributed by atoms with E-state index >= 15 is 0 Å². The number of hydrogen-bond acceptors (Lipinski definition) is 5. The van der Waals surface area contributed by atoms with E-state index in [-0.39, 0.29) is 22.8 Å². The van der Waals surface area contributed by atoms with E-state index in [1.54, 1.807) is 26.0 Å². The van der Waals surface area contributed by atoms with Crippen molar-refractivity contribution in [3.63, 3.8) is 0 Å². The number of carbonyl (C=O) groups is 2. The third-order valence-corrected chi connectivity index (χ3v) is 8.68. The Morgan fingerprint density at radius 2 is 1.89 bits per heavy atom. The van der Waals surface area contributed by atoms with Gasteiger partial charge in [0.15, 0.2) is 0 Å². The number of fused-ring (bicyclic) bond motifs is 2. The van der Waals surface area contributed by atoms with Crippen LogP contribution < -0.4 is 15.4 Å². The molecule has 37 heavy (non-hydrogen) atoms. The number of allylic oxidation sites excluding steroid dienone is 1. The molecule has 1 aliphatic carbocycles. The fraction of sp³-hybridized carbons (Fsp3) is 0.481. The summed E-state index contributed by atoms with van der Waals surface area (Å²) >= 11 is 0. The Morgan fingerprint density at radius 3 is 2.57 bits per heavy atom. The summed E-state index contributed by atoms with van der Waals surface area (Å²) in [5, 5.41) is 5.93. The van der Waals surface area contributed by atoms with Crippen LogP contribution in [0.1, 0.15) is 73.4 Å². The molecular weight excluding hydrogens is 490 g/mol. The van der Waals surface area contributed by atoms with Gasteiger partial charge in [0.25, 0.3) is 11.8 Å². The van der Waals surface area contributed by atoms with Gasteiger partial charge in [-0.15, -0.1) is 0 Å². The minimum atomic E-state index is -3.72. The quantitative estimate of drug-likeness (QED) is 0.373. The lowest BCUT2D eigenvalue weighted by Crippen LogP contribution is -2.35. The molecule has 4 rings (SSSR count).